The highest BCUT2D eigenvalue weighted by atomic mass is 16.1. The van der Waals surface area contributed by atoms with Crippen LogP contribution in [0.2, 0.25) is 0 Å². The zero-order valence-corrected chi connectivity index (χ0v) is 10.2. The van der Waals surface area contributed by atoms with Gasteiger partial charge in [0.1, 0.15) is 0 Å². The van der Waals surface area contributed by atoms with Crippen molar-refractivity contribution in [1.29, 1.82) is 0 Å². The third-order valence-corrected chi connectivity index (χ3v) is 3.49. The zero-order valence-electron chi connectivity index (χ0n) is 10.2. The Morgan fingerprint density at radius 1 is 1.33 bits per heavy atom. The van der Waals surface area contributed by atoms with E-state index in [2.05, 4.69) is 15.6 Å². The molecule has 0 saturated carbocycles. The van der Waals surface area contributed by atoms with Crippen LogP contribution < -0.4 is 10.6 Å². The third-order valence-electron chi connectivity index (χ3n) is 3.49. The molecule has 1 aliphatic rings. The SMILES string of the molecule is O=C(Nc1ccc2[nH]ccc2c1)[C@@H]1CCCNC1. The molecule has 1 fully saturated rings. The lowest BCUT2D eigenvalue weighted by molar-refractivity contribution is -0.120. The van der Waals surface area contributed by atoms with Crippen molar-refractivity contribution in [3.8, 4) is 0 Å². The summed E-state index contributed by atoms with van der Waals surface area (Å²) in [6.45, 7) is 1.82. The van der Waals surface area contributed by atoms with Gasteiger partial charge in [-0.05, 0) is 43.7 Å². The molecule has 18 heavy (non-hydrogen) atoms. The number of benzene rings is 1. The summed E-state index contributed by atoms with van der Waals surface area (Å²) in [6, 6.07) is 7.93. The van der Waals surface area contributed by atoms with Crippen LogP contribution in [0.4, 0.5) is 5.69 Å². The first-order valence-electron chi connectivity index (χ1n) is 6.42. The maximum atomic E-state index is 12.1. The number of carbonyl (C=O) groups is 1. The summed E-state index contributed by atoms with van der Waals surface area (Å²) in [5.41, 5.74) is 1.96. The molecular formula is C14H17N3O. The molecular weight excluding hydrogens is 226 g/mol. The second-order valence-electron chi connectivity index (χ2n) is 4.81. The number of H-pyrrole nitrogens is 1. The predicted octanol–water partition coefficient (Wildman–Crippen LogP) is 2.11. The summed E-state index contributed by atoms with van der Waals surface area (Å²) in [4.78, 5) is 15.2. The molecule has 1 amide bonds. The molecule has 4 nitrogen and oxygen atoms in total. The Bertz CT molecular complexity index is 555. The summed E-state index contributed by atoms with van der Waals surface area (Å²) in [6.07, 6.45) is 3.96. The second-order valence-corrected chi connectivity index (χ2v) is 4.81. The lowest BCUT2D eigenvalue weighted by atomic mass is 9.99. The average Bonchev–Trinajstić information content (AvgIpc) is 2.87. The molecule has 0 aliphatic carbocycles. The molecule has 1 aromatic carbocycles. The van der Waals surface area contributed by atoms with Crippen molar-refractivity contribution >= 4 is 22.5 Å². The first-order valence-corrected chi connectivity index (χ1v) is 6.42. The van der Waals surface area contributed by atoms with Crippen molar-refractivity contribution in [2.75, 3.05) is 18.4 Å². The van der Waals surface area contributed by atoms with E-state index >= 15 is 0 Å². The fraction of sp³-hybridized carbons (Fsp3) is 0.357. The fourth-order valence-corrected chi connectivity index (χ4v) is 2.45. The summed E-state index contributed by atoms with van der Waals surface area (Å²) in [5, 5.41) is 7.38. The molecule has 3 N–H and O–H groups in total. The second kappa shape index (κ2) is 4.82. The van der Waals surface area contributed by atoms with Gasteiger partial charge in [-0.2, -0.15) is 0 Å². The van der Waals surface area contributed by atoms with Gasteiger partial charge in [0.05, 0.1) is 5.92 Å². The average molecular weight is 243 g/mol. The zero-order chi connectivity index (χ0) is 12.4. The largest absolute Gasteiger partial charge is 0.361 e. The Morgan fingerprint density at radius 2 is 2.28 bits per heavy atom. The van der Waals surface area contributed by atoms with E-state index in [1.807, 2.05) is 30.5 Å². The van der Waals surface area contributed by atoms with Crippen molar-refractivity contribution in [1.82, 2.24) is 10.3 Å². The Balaban J connectivity index is 1.72. The lowest BCUT2D eigenvalue weighted by Crippen LogP contribution is -2.37. The van der Waals surface area contributed by atoms with Crippen LogP contribution in [0.25, 0.3) is 10.9 Å². The molecule has 1 aliphatic heterocycles. The van der Waals surface area contributed by atoms with Crippen LogP contribution in [0.15, 0.2) is 30.5 Å². The third kappa shape index (κ3) is 2.24. The lowest BCUT2D eigenvalue weighted by Gasteiger charge is -2.21. The van der Waals surface area contributed by atoms with Gasteiger partial charge in [-0.25, -0.2) is 0 Å². The first-order chi connectivity index (χ1) is 8.83. The van der Waals surface area contributed by atoms with E-state index in [4.69, 9.17) is 0 Å². The van der Waals surface area contributed by atoms with Gasteiger partial charge in [-0.3, -0.25) is 4.79 Å². The van der Waals surface area contributed by atoms with Crippen LogP contribution in [-0.4, -0.2) is 24.0 Å². The van der Waals surface area contributed by atoms with Crippen molar-refractivity contribution in [2.45, 2.75) is 12.8 Å². The molecule has 1 saturated heterocycles. The van der Waals surface area contributed by atoms with Gasteiger partial charge in [0, 0.05) is 29.3 Å². The highest BCUT2D eigenvalue weighted by Crippen LogP contribution is 2.19. The van der Waals surface area contributed by atoms with E-state index in [-0.39, 0.29) is 11.8 Å². The van der Waals surface area contributed by atoms with E-state index in [1.165, 1.54) is 0 Å². The number of fused-ring (bicyclic) bond motifs is 1. The fourth-order valence-electron chi connectivity index (χ4n) is 2.45. The molecule has 94 valence electrons. The molecule has 3 rings (SSSR count). The van der Waals surface area contributed by atoms with E-state index in [0.29, 0.717) is 0 Å². The van der Waals surface area contributed by atoms with Gasteiger partial charge in [0.2, 0.25) is 5.91 Å². The number of amides is 1. The van der Waals surface area contributed by atoms with E-state index in [9.17, 15) is 4.79 Å². The number of nitrogens with one attached hydrogen (secondary N) is 3. The smallest absolute Gasteiger partial charge is 0.228 e. The van der Waals surface area contributed by atoms with Crippen molar-refractivity contribution in [2.24, 2.45) is 5.92 Å². The van der Waals surface area contributed by atoms with Crippen molar-refractivity contribution < 1.29 is 4.79 Å². The van der Waals surface area contributed by atoms with Crippen molar-refractivity contribution in [3.05, 3.63) is 30.5 Å². The van der Waals surface area contributed by atoms with Crippen LogP contribution in [0.1, 0.15) is 12.8 Å². The number of hydrogen-bond acceptors (Lipinski definition) is 2. The standard InChI is InChI=1S/C14H17N3O/c18-14(11-2-1-6-15-9-11)17-12-3-4-13-10(8-12)5-7-16-13/h3-5,7-8,11,15-16H,1-2,6,9H2,(H,17,18)/t11-/m1/s1. The minimum absolute atomic E-state index is 0.0978. The van der Waals surface area contributed by atoms with Gasteiger partial charge < -0.3 is 15.6 Å². The topological polar surface area (TPSA) is 56.9 Å². The highest BCUT2D eigenvalue weighted by Gasteiger charge is 2.20. The predicted molar refractivity (Wildman–Crippen MR) is 72.5 cm³/mol. The number of aromatic amines is 1. The number of anilines is 1. The normalized spacial score (nSPS) is 19.9. The summed E-state index contributed by atoms with van der Waals surface area (Å²) >= 11 is 0. The summed E-state index contributed by atoms with van der Waals surface area (Å²) < 4.78 is 0. The highest BCUT2D eigenvalue weighted by molar-refractivity contribution is 5.95. The summed E-state index contributed by atoms with van der Waals surface area (Å²) in [5.74, 6) is 0.220. The molecule has 4 heteroatoms. The van der Waals surface area contributed by atoms with Crippen LogP contribution >= 0.6 is 0 Å². The number of rotatable bonds is 2. The van der Waals surface area contributed by atoms with E-state index in [0.717, 1.165) is 42.5 Å². The molecule has 0 unspecified atom stereocenters. The maximum absolute atomic E-state index is 12.1. The van der Waals surface area contributed by atoms with E-state index < -0.39 is 0 Å². The molecule has 0 radical (unpaired) electrons. The minimum atomic E-state index is 0.0978. The minimum Gasteiger partial charge on any atom is -0.361 e. The first kappa shape index (κ1) is 11.3. The summed E-state index contributed by atoms with van der Waals surface area (Å²) in [7, 11) is 0. The molecule has 1 aromatic heterocycles. The Kier molecular flexibility index (Phi) is 3.02. The van der Waals surface area contributed by atoms with E-state index in [1.54, 1.807) is 0 Å². The maximum Gasteiger partial charge on any atom is 0.228 e. The van der Waals surface area contributed by atoms with Crippen LogP contribution in [0.3, 0.4) is 0 Å². The number of carbonyl (C=O) groups excluding carboxylic acids is 1. The molecule has 2 aromatic rings. The van der Waals surface area contributed by atoms with Crippen molar-refractivity contribution in [3.63, 3.8) is 0 Å². The Labute approximate surface area is 106 Å². The van der Waals surface area contributed by atoms with Crippen LogP contribution in [0.5, 0.6) is 0 Å². The van der Waals surface area contributed by atoms with Gasteiger partial charge in [-0.15, -0.1) is 0 Å². The van der Waals surface area contributed by atoms with Gasteiger partial charge >= 0.3 is 0 Å². The Morgan fingerprint density at radius 3 is 3.11 bits per heavy atom. The van der Waals surface area contributed by atoms with Gasteiger partial charge in [0.25, 0.3) is 0 Å². The van der Waals surface area contributed by atoms with Crippen LogP contribution in [0, 0.1) is 5.92 Å². The monoisotopic (exact) mass is 243 g/mol. The quantitative estimate of drug-likeness (QED) is 0.756. The molecule has 1 atom stereocenters. The van der Waals surface area contributed by atoms with Gasteiger partial charge in [0.15, 0.2) is 0 Å². The number of piperidine rings is 1. The molecule has 0 spiro atoms. The number of aromatic nitrogens is 1. The molecule has 0 bridgehead atoms. The van der Waals surface area contributed by atoms with Crippen LogP contribution in [-0.2, 0) is 4.79 Å². The Hall–Kier alpha value is -1.81. The number of hydrogen-bond donors (Lipinski definition) is 3. The van der Waals surface area contributed by atoms with Gasteiger partial charge in [-0.1, -0.05) is 0 Å². The molecule has 2 heterocycles.